The van der Waals surface area contributed by atoms with Crippen molar-refractivity contribution < 1.29 is 4.79 Å². The molecule has 0 radical (unpaired) electrons. The van der Waals surface area contributed by atoms with Crippen molar-refractivity contribution in [3.05, 3.63) is 65.2 Å². The van der Waals surface area contributed by atoms with Crippen molar-refractivity contribution in [2.24, 2.45) is 0 Å². The van der Waals surface area contributed by atoms with Crippen LogP contribution in [0.3, 0.4) is 0 Å². The van der Waals surface area contributed by atoms with Crippen LogP contribution in [0.1, 0.15) is 40.7 Å². The Balaban J connectivity index is 1.88. The van der Waals surface area contributed by atoms with Crippen LogP contribution < -0.4 is 11.1 Å². The first kappa shape index (κ1) is 13.7. The normalized spacial score (nSPS) is 16.0. The minimum Gasteiger partial charge on any atom is -0.399 e. The summed E-state index contributed by atoms with van der Waals surface area (Å²) in [4.78, 5) is 12.6. The van der Waals surface area contributed by atoms with E-state index in [4.69, 9.17) is 5.73 Å². The largest absolute Gasteiger partial charge is 0.399 e. The van der Waals surface area contributed by atoms with Gasteiger partial charge in [0.2, 0.25) is 0 Å². The van der Waals surface area contributed by atoms with E-state index in [1.165, 1.54) is 5.56 Å². The van der Waals surface area contributed by atoms with Gasteiger partial charge in [-0.2, -0.15) is 0 Å². The maximum absolute atomic E-state index is 12.6. The molecule has 21 heavy (non-hydrogen) atoms. The van der Waals surface area contributed by atoms with Crippen LogP contribution in [0.25, 0.3) is 0 Å². The first-order chi connectivity index (χ1) is 10.1. The highest BCUT2D eigenvalue weighted by atomic mass is 16.1. The van der Waals surface area contributed by atoms with Gasteiger partial charge in [0.1, 0.15) is 0 Å². The zero-order valence-corrected chi connectivity index (χ0v) is 12.2. The molecule has 108 valence electrons. The molecule has 1 aliphatic rings. The van der Waals surface area contributed by atoms with Gasteiger partial charge in [0.15, 0.2) is 0 Å². The van der Waals surface area contributed by atoms with E-state index in [9.17, 15) is 4.79 Å². The Kier molecular flexibility index (Phi) is 3.42. The van der Waals surface area contributed by atoms with E-state index in [0.29, 0.717) is 11.3 Å². The number of aryl methyl sites for hydroxylation is 1. The average Bonchev–Trinajstić information content (AvgIpc) is 2.46. The Bertz CT molecular complexity index is 660. The number of hydrogen-bond acceptors (Lipinski definition) is 2. The number of carbonyl (C=O) groups excluding carboxylic acids is 1. The second-order valence-corrected chi connectivity index (χ2v) is 5.83. The molecule has 1 fully saturated rings. The summed E-state index contributed by atoms with van der Waals surface area (Å²) in [5.74, 6) is -0.0386. The number of nitrogen functional groups attached to an aromatic ring is 1. The van der Waals surface area contributed by atoms with Crippen molar-refractivity contribution in [1.29, 1.82) is 0 Å². The fourth-order valence-corrected chi connectivity index (χ4v) is 2.94. The molecule has 1 amide bonds. The van der Waals surface area contributed by atoms with Gasteiger partial charge in [-0.3, -0.25) is 4.79 Å². The number of nitrogens with two attached hydrogens (primary N) is 1. The third-order valence-electron chi connectivity index (χ3n) is 4.39. The summed E-state index contributed by atoms with van der Waals surface area (Å²) >= 11 is 0. The summed E-state index contributed by atoms with van der Waals surface area (Å²) in [5.41, 5.74) is 9.01. The second kappa shape index (κ2) is 5.24. The number of hydrogen-bond donors (Lipinski definition) is 2. The zero-order chi connectivity index (χ0) is 14.9. The Morgan fingerprint density at radius 3 is 2.48 bits per heavy atom. The van der Waals surface area contributed by atoms with Crippen molar-refractivity contribution in [3.63, 3.8) is 0 Å². The van der Waals surface area contributed by atoms with Crippen molar-refractivity contribution >= 4 is 11.6 Å². The molecule has 0 bridgehead atoms. The van der Waals surface area contributed by atoms with Gasteiger partial charge in [-0.05, 0) is 49.4 Å². The van der Waals surface area contributed by atoms with E-state index in [1.807, 2.05) is 37.3 Å². The molecule has 3 rings (SSSR count). The molecule has 0 spiro atoms. The summed E-state index contributed by atoms with van der Waals surface area (Å²) in [7, 11) is 0. The quantitative estimate of drug-likeness (QED) is 0.847. The average molecular weight is 280 g/mol. The minimum atomic E-state index is -0.213. The van der Waals surface area contributed by atoms with Crippen LogP contribution in [0.4, 0.5) is 5.69 Å². The standard InChI is InChI=1S/C18H20N2O/c1-13-8-9-15(19)12-16(13)17(21)20-18(10-5-11-18)14-6-3-2-4-7-14/h2-4,6-9,12H,5,10-11,19H2,1H3,(H,20,21). The van der Waals surface area contributed by atoms with Crippen LogP contribution in [-0.2, 0) is 5.54 Å². The van der Waals surface area contributed by atoms with Crippen molar-refractivity contribution in [2.45, 2.75) is 31.7 Å². The topological polar surface area (TPSA) is 55.1 Å². The van der Waals surface area contributed by atoms with Crippen LogP contribution in [0.15, 0.2) is 48.5 Å². The molecule has 3 heteroatoms. The van der Waals surface area contributed by atoms with Crippen molar-refractivity contribution in [3.8, 4) is 0 Å². The fraction of sp³-hybridized carbons (Fsp3) is 0.278. The van der Waals surface area contributed by atoms with Crippen LogP contribution in [0, 0.1) is 6.92 Å². The Morgan fingerprint density at radius 2 is 1.86 bits per heavy atom. The lowest BCUT2D eigenvalue weighted by Gasteiger charge is -2.43. The number of nitrogens with one attached hydrogen (secondary N) is 1. The third-order valence-corrected chi connectivity index (χ3v) is 4.39. The molecule has 2 aromatic rings. The lowest BCUT2D eigenvalue weighted by atomic mass is 9.71. The van der Waals surface area contributed by atoms with Gasteiger partial charge < -0.3 is 11.1 Å². The molecule has 2 aromatic carbocycles. The van der Waals surface area contributed by atoms with Crippen LogP contribution in [0.5, 0.6) is 0 Å². The van der Waals surface area contributed by atoms with E-state index in [0.717, 1.165) is 24.8 Å². The highest BCUT2D eigenvalue weighted by Crippen LogP contribution is 2.41. The molecule has 0 atom stereocenters. The molecule has 0 unspecified atom stereocenters. The Morgan fingerprint density at radius 1 is 1.14 bits per heavy atom. The maximum atomic E-state index is 12.6. The van der Waals surface area contributed by atoms with Gasteiger partial charge in [0, 0.05) is 11.3 Å². The molecule has 0 aliphatic heterocycles. The molecule has 1 saturated carbocycles. The number of amides is 1. The highest BCUT2D eigenvalue weighted by Gasteiger charge is 2.40. The first-order valence-electron chi connectivity index (χ1n) is 7.35. The van der Waals surface area contributed by atoms with Gasteiger partial charge in [0.05, 0.1) is 5.54 Å². The third kappa shape index (κ3) is 2.51. The number of carbonyl (C=O) groups is 1. The van der Waals surface area contributed by atoms with Gasteiger partial charge in [-0.15, -0.1) is 0 Å². The predicted octanol–water partition coefficient (Wildman–Crippen LogP) is 3.39. The Labute approximate surface area is 125 Å². The maximum Gasteiger partial charge on any atom is 0.252 e. The summed E-state index contributed by atoms with van der Waals surface area (Å²) in [6, 6.07) is 15.7. The van der Waals surface area contributed by atoms with E-state index < -0.39 is 0 Å². The predicted molar refractivity (Wildman–Crippen MR) is 85.0 cm³/mol. The van der Waals surface area contributed by atoms with Gasteiger partial charge >= 0.3 is 0 Å². The van der Waals surface area contributed by atoms with Crippen LogP contribution >= 0.6 is 0 Å². The van der Waals surface area contributed by atoms with Crippen LogP contribution in [-0.4, -0.2) is 5.91 Å². The van der Waals surface area contributed by atoms with Crippen molar-refractivity contribution in [1.82, 2.24) is 5.32 Å². The summed E-state index contributed by atoms with van der Waals surface area (Å²) < 4.78 is 0. The summed E-state index contributed by atoms with van der Waals surface area (Å²) in [6.07, 6.45) is 3.12. The molecule has 0 saturated heterocycles. The number of benzene rings is 2. The van der Waals surface area contributed by atoms with Gasteiger partial charge in [0.25, 0.3) is 5.91 Å². The Hall–Kier alpha value is -2.29. The van der Waals surface area contributed by atoms with Gasteiger partial charge in [-0.25, -0.2) is 0 Å². The smallest absolute Gasteiger partial charge is 0.252 e. The van der Waals surface area contributed by atoms with Crippen LogP contribution in [0.2, 0.25) is 0 Å². The van der Waals surface area contributed by atoms with E-state index in [2.05, 4.69) is 17.4 Å². The summed E-state index contributed by atoms with van der Waals surface area (Å²) in [6.45, 7) is 1.93. The highest BCUT2D eigenvalue weighted by molar-refractivity contribution is 5.97. The summed E-state index contributed by atoms with van der Waals surface area (Å²) in [5, 5.41) is 3.24. The zero-order valence-electron chi connectivity index (χ0n) is 12.2. The van der Waals surface area contributed by atoms with E-state index in [-0.39, 0.29) is 11.4 Å². The monoisotopic (exact) mass is 280 g/mol. The molecular formula is C18H20N2O. The molecular weight excluding hydrogens is 260 g/mol. The van der Waals surface area contributed by atoms with E-state index in [1.54, 1.807) is 6.07 Å². The second-order valence-electron chi connectivity index (χ2n) is 5.83. The minimum absolute atomic E-state index is 0.0386. The van der Waals surface area contributed by atoms with Crippen molar-refractivity contribution in [2.75, 3.05) is 5.73 Å². The SMILES string of the molecule is Cc1ccc(N)cc1C(=O)NC1(c2ccccc2)CCC1. The number of rotatable bonds is 3. The molecule has 0 aromatic heterocycles. The lowest BCUT2D eigenvalue weighted by Crippen LogP contribution is -2.50. The first-order valence-corrected chi connectivity index (χ1v) is 7.35. The lowest BCUT2D eigenvalue weighted by molar-refractivity contribution is 0.0822. The van der Waals surface area contributed by atoms with Gasteiger partial charge in [-0.1, -0.05) is 36.4 Å². The molecule has 1 aliphatic carbocycles. The molecule has 3 nitrogen and oxygen atoms in total. The number of anilines is 1. The molecule has 3 N–H and O–H groups in total. The molecule has 0 heterocycles. The fourth-order valence-electron chi connectivity index (χ4n) is 2.94. The van der Waals surface area contributed by atoms with E-state index >= 15 is 0 Å².